The van der Waals surface area contributed by atoms with Gasteiger partial charge in [-0.3, -0.25) is 9.59 Å². The van der Waals surface area contributed by atoms with Crippen molar-refractivity contribution in [1.82, 2.24) is 9.88 Å². The molecule has 4 rings (SSSR count). The van der Waals surface area contributed by atoms with E-state index in [1.165, 1.54) is 27.6 Å². The molecule has 5 heteroatoms. The lowest BCUT2D eigenvalue weighted by atomic mass is 9.95. The van der Waals surface area contributed by atoms with Crippen LogP contribution >= 0.6 is 0 Å². The number of benzene rings is 3. The largest absolute Gasteiger partial charge is 0.481 e. The highest BCUT2D eigenvalue weighted by Gasteiger charge is 2.18. The maximum atomic E-state index is 12.3. The Bertz CT molecular complexity index is 1320. The van der Waals surface area contributed by atoms with Crippen molar-refractivity contribution < 1.29 is 14.7 Å². The quantitative estimate of drug-likeness (QED) is 0.266. The molecule has 0 aliphatic carbocycles. The molecule has 3 aromatic carbocycles. The lowest BCUT2D eigenvalue weighted by Crippen LogP contribution is -2.26. The van der Waals surface area contributed by atoms with E-state index in [-0.39, 0.29) is 32.3 Å². The van der Waals surface area contributed by atoms with Gasteiger partial charge in [0.1, 0.15) is 0 Å². The summed E-state index contributed by atoms with van der Waals surface area (Å²) in [4.78, 5) is 23.0. The van der Waals surface area contributed by atoms with E-state index < -0.39 is 5.97 Å². The molecule has 0 radical (unpaired) electrons. The zero-order valence-electron chi connectivity index (χ0n) is 20.5. The third-order valence-corrected chi connectivity index (χ3v) is 6.32. The zero-order chi connectivity index (χ0) is 24.9. The van der Waals surface area contributed by atoms with Crippen LogP contribution < -0.4 is 5.32 Å². The summed E-state index contributed by atoms with van der Waals surface area (Å²) in [7, 11) is 0. The number of aromatic nitrogens is 1. The number of carbonyl (C=O) groups is 2. The van der Waals surface area contributed by atoms with Crippen LogP contribution in [0.3, 0.4) is 0 Å². The molecule has 1 heterocycles. The third kappa shape index (κ3) is 6.22. The molecule has 2 N–H and O–H groups in total. The molecule has 0 saturated heterocycles. The van der Waals surface area contributed by atoms with Crippen molar-refractivity contribution in [2.45, 2.75) is 47.1 Å². The van der Waals surface area contributed by atoms with Crippen LogP contribution in [0.1, 0.15) is 61.6 Å². The molecule has 1 aromatic heterocycles. The van der Waals surface area contributed by atoms with Gasteiger partial charge in [-0.25, -0.2) is 0 Å². The van der Waals surface area contributed by atoms with E-state index in [0.717, 1.165) is 12.0 Å². The first-order chi connectivity index (χ1) is 16.8. The monoisotopic (exact) mass is 484 g/mol. The van der Waals surface area contributed by atoms with Gasteiger partial charge < -0.3 is 15.0 Å². The number of carboxylic acids is 1. The van der Waals surface area contributed by atoms with Gasteiger partial charge in [-0.1, -0.05) is 69.3 Å². The Morgan fingerprint density at radius 1 is 0.917 bits per heavy atom. The van der Waals surface area contributed by atoms with Gasteiger partial charge in [-0.2, -0.15) is 0 Å². The molecule has 188 valence electrons. The highest BCUT2D eigenvalue weighted by molar-refractivity contribution is 5.94. The number of carbonyl (C=O) groups excluding carboxylic acids is 1. The number of fused-ring (bicyclic) bond motifs is 1. The molecule has 0 saturated carbocycles. The molecule has 5 nitrogen and oxygen atoms in total. The number of hydrogen-bond donors (Lipinski definition) is 2. The van der Waals surface area contributed by atoms with Crippen LogP contribution in [0.25, 0.3) is 22.0 Å². The van der Waals surface area contributed by atoms with Gasteiger partial charge in [0.25, 0.3) is 5.91 Å². The number of rotatable bonds is 9. The second kappa shape index (κ2) is 11.7. The van der Waals surface area contributed by atoms with E-state index in [9.17, 15) is 9.59 Å². The summed E-state index contributed by atoms with van der Waals surface area (Å²) in [6, 6.07) is 25.2. The Hall–Kier alpha value is -3.86. The smallest absolute Gasteiger partial charge is 0.305 e. The van der Waals surface area contributed by atoms with E-state index in [1.54, 1.807) is 0 Å². The van der Waals surface area contributed by atoms with Crippen LogP contribution in [0, 0.1) is 12.8 Å². The summed E-state index contributed by atoms with van der Waals surface area (Å²) in [6.07, 6.45) is 3.03. The number of aryl methyl sites for hydroxylation is 1. The third-order valence-electron chi connectivity index (χ3n) is 6.32. The van der Waals surface area contributed by atoms with E-state index in [1.807, 2.05) is 24.3 Å². The SMILES string of the molecule is C.Cc1ccc(-c2ccc3c(ccn3C(CC(C)C)c3ccc(C(=O)NCCC(=O)O)cc3)c2)cc1. The molecule has 1 amide bonds. The van der Waals surface area contributed by atoms with Gasteiger partial charge in [0, 0.05) is 29.2 Å². The molecule has 0 bridgehead atoms. The van der Waals surface area contributed by atoms with Crippen LogP contribution in [0.4, 0.5) is 0 Å². The molecule has 0 spiro atoms. The average molecular weight is 485 g/mol. The Morgan fingerprint density at radius 3 is 2.22 bits per heavy atom. The molecule has 1 unspecified atom stereocenters. The van der Waals surface area contributed by atoms with Gasteiger partial charge in [-0.05, 0) is 66.3 Å². The summed E-state index contributed by atoms with van der Waals surface area (Å²) >= 11 is 0. The van der Waals surface area contributed by atoms with Crippen molar-refractivity contribution in [1.29, 1.82) is 0 Å². The predicted molar refractivity (Wildman–Crippen MR) is 147 cm³/mol. The fraction of sp³-hybridized carbons (Fsp3) is 0.290. The van der Waals surface area contributed by atoms with E-state index >= 15 is 0 Å². The summed E-state index contributed by atoms with van der Waals surface area (Å²) in [5, 5.41) is 12.6. The summed E-state index contributed by atoms with van der Waals surface area (Å²) < 4.78 is 2.33. The first-order valence-electron chi connectivity index (χ1n) is 12.1. The van der Waals surface area contributed by atoms with Gasteiger partial charge >= 0.3 is 5.97 Å². The Morgan fingerprint density at radius 2 is 1.58 bits per heavy atom. The molecule has 36 heavy (non-hydrogen) atoms. The maximum absolute atomic E-state index is 12.3. The van der Waals surface area contributed by atoms with E-state index in [2.05, 4.69) is 85.4 Å². The summed E-state index contributed by atoms with van der Waals surface area (Å²) in [5.41, 5.74) is 6.52. The normalized spacial score (nSPS) is 11.8. The van der Waals surface area contributed by atoms with Crippen molar-refractivity contribution >= 4 is 22.8 Å². The second-order valence-electron chi connectivity index (χ2n) is 9.53. The highest BCUT2D eigenvalue weighted by Crippen LogP contribution is 2.32. The van der Waals surface area contributed by atoms with Gasteiger partial charge in [0.05, 0.1) is 12.5 Å². The molecule has 4 aromatic rings. The van der Waals surface area contributed by atoms with Crippen molar-refractivity contribution in [3.8, 4) is 11.1 Å². The van der Waals surface area contributed by atoms with Gasteiger partial charge in [0.15, 0.2) is 0 Å². The van der Waals surface area contributed by atoms with Gasteiger partial charge in [0.2, 0.25) is 0 Å². The van der Waals surface area contributed by atoms with Crippen LogP contribution in [-0.2, 0) is 4.79 Å². The Balaban J connectivity index is 0.00000361. The molecular weight excluding hydrogens is 448 g/mol. The van der Waals surface area contributed by atoms with Crippen LogP contribution in [0.15, 0.2) is 79.0 Å². The summed E-state index contributed by atoms with van der Waals surface area (Å²) in [6.45, 7) is 6.66. The van der Waals surface area contributed by atoms with E-state index in [4.69, 9.17) is 5.11 Å². The first kappa shape index (κ1) is 26.7. The second-order valence-corrected chi connectivity index (χ2v) is 9.53. The van der Waals surface area contributed by atoms with Crippen LogP contribution in [-0.4, -0.2) is 28.1 Å². The Kier molecular flexibility index (Phi) is 8.70. The topological polar surface area (TPSA) is 71.3 Å². The summed E-state index contributed by atoms with van der Waals surface area (Å²) in [5.74, 6) is -0.696. The number of aliphatic carboxylic acids is 1. The standard InChI is InChI=1S/C30H32N2O3.CH4/c1-20(2)18-28(23-8-10-24(11-9-23)30(35)31-16-14-29(33)34)32-17-15-26-19-25(12-13-27(26)32)22-6-4-21(3)5-7-22;/h4-13,15,17,19-20,28H,14,16,18H2,1-3H3,(H,31,35)(H,33,34);1H4. The predicted octanol–water partition coefficient (Wildman–Crippen LogP) is 7.09. The number of amides is 1. The molecule has 0 fully saturated rings. The number of nitrogens with zero attached hydrogens (tertiary/aromatic N) is 1. The molecule has 0 aliphatic rings. The molecule has 0 aliphatic heterocycles. The van der Waals surface area contributed by atoms with Crippen molar-refractivity contribution in [3.05, 3.63) is 95.7 Å². The number of nitrogens with one attached hydrogen (secondary N) is 1. The van der Waals surface area contributed by atoms with E-state index in [0.29, 0.717) is 11.5 Å². The van der Waals surface area contributed by atoms with Crippen LogP contribution in [0.5, 0.6) is 0 Å². The first-order valence-corrected chi connectivity index (χ1v) is 12.1. The minimum absolute atomic E-state index is 0. The lowest BCUT2D eigenvalue weighted by Gasteiger charge is -2.23. The fourth-order valence-electron chi connectivity index (χ4n) is 4.46. The Labute approximate surface area is 213 Å². The van der Waals surface area contributed by atoms with Crippen molar-refractivity contribution in [2.24, 2.45) is 5.92 Å². The zero-order valence-corrected chi connectivity index (χ0v) is 20.5. The minimum atomic E-state index is -0.929. The van der Waals surface area contributed by atoms with Gasteiger partial charge in [-0.15, -0.1) is 0 Å². The van der Waals surface area contributed by atoms with Crippen molar-refractivity contribution in [2.75, 3.05) is 6.54 Å². The highest BCUT2D eigenvalue weighted by atomic mass is 16.4. The van der Waals surface area contributed by atoms with Crippen molar-refractivity contribution in [3.63, 3.8) is 0 Å². The fourth-order valence-corrected chi connectivity index (χ4v) is 4.46. The number of carboxylic acid groups (broad SMARTS) is 1. The molecule has 1 atom stereocenters. The van der Waals surface area contributed by atoms with Crippen LogP contribution in [0.2, 0.25) is 0 Å². The lowest BCUT2D eigenvalue weighted by molar-refractivity contribution is -0.136. The maximum Gasteiger partial charge on any atom is 0.305 e. The molecular formula is C31H36N2O3. The minimum Gasteiger partial charge on any atom is -0.481 e. The number of hydrogen-bond acceptors (Lipinski definition) is 2. The average Bonchev–Trinajstić information content (AvgIpc) is 3.26.